The molecule has 1 unspecified atom stereocenters. The monoisotopic (exact) mass is 311 g/mol. The van der Waals surface area contributed by atoms with Gasteiger partial charge < -0.3 is 15.8 Å². The number of carbonyl (C=O) groups is 1. The Morgan fingerprint density at radius 3 is 3.10 bits per heavy atom. The Morgan fingerprint density at radius 1 is 1.57 bits per heavy atom. The minimum Gasteiger partial charge on any atom is -0.397 e. The van der Waals surface area contributed by atoms with Crippen LogP contribution in [0.5, 0.6) is 0 Å². The van der Waals surface area contributed by atoms with Gasteiger partial charge in [0.15, 0.2) is 0 Å². The molecular formula is C15H22ClN3O2. The van der Waals surface area contributed by atoms with Crippen LogP contribution in [-0.4, -0.2) is 44.2 Å². The summed E-state index contributed by atoms with van der Waals surface area (Å²) in [5.41, 5.74) is 6.92. The van der Waals surface area contributed by atoms with Gasteiger partial charge in [0.2, 0.25) is 5.91 Å². The highest BCUT2D eigenvalue weighted by atomic mass is 35.5. The Morgan fingerprint density at radius 2 is 2.38 bits per heavy atom. The first-order chi connectivity index (χ1) is 10.1. The van der Waals surface area contributed by atoms with E-state index < -0.39 is 0 Å². The lowest BCUT2D eigenvalue weighted by atomic mass is 9.99. The predicted molar refractivity (Wildman–Crippen MR) is 85.5 cm³/mol. The molecule has 1 aliphatic rings. The van der Waals surface area contributed by atoms with Crippen LogP contribution >= 0.6 is 11.6 Å². The number of carbonyl (C=O) groups excluding carboxylic acids is 1. The Labute approximate surface area is 130 Å². The summed E-state index contributed by atoms with van der Waals surface area (Å²) in [6, 6.07) is 5.06. The first-order valence-electron chi connectivity index (χ1n) is 7.14. The van der Waals surface area contributed by atoms with E-state index in [9.17, 15) is 4.79 Å². The Hall–Kier alpha value is -1.30. The van der Waals surface area contributed by atoms with E-state index in [0.717, 1.165) is 32.5 Å². The van der Waals surface area contributed by atoms with Crippen molar-refractivity contribution in [2.45, 2.75) is 12.8 Å². The number of hydrogen-bond acceptors (Lipinski definition) is 4. The summed E-state index contributed by atoms with van der Waals surface area (Å²) in [5, 5.41) is 3.40. The lowest BCUT2D eigenvalue weighted by Crippen LogP contribution is -2.41. The van der Waals surface area contributed by atoms with Gasteiger partial charge in [-0.25, -0.2) is 0 Å². The predicted octanol–water partition coefficient (Wildman–Crippen LogP) is 2.22. The zero-order valence-electron chi connectivity index (χ0n) is 12.3. The van der Waals surface area contributed by atoms with Crippen molar-refractivity contribution in [1.82, 2.24) is 4.90 Å². The number of benzene rings is 1. The number of nitrogens with one attached hydrogen (secondary N) is 1. The minimum absolute atomic E-state index is 0.0536. The van der Waals surface area contributed by atoms with Crippen molar-refractivity contribution in [2.75, 3.05) is 44.4 Å². The number of amides is 1. The molecule has 1 fully saturated rings. The van der Waals surface area contributed by atoms with Crippen LogP contribution < -0.4 is 11.1 Å². The quantitative estimate of drug-likeness (QED) is 0.818. The maximum Gasteiger partial charge on any atom is 0.238 e. The van der Waals surface area contributed by atoms with Crippen molar-refractivity contribution in [2.24, 2.45) is 5.92 Å². The summed E-state index contributed by atoms with van der Waals surface area (Å²) in [6.45, 7) is 2.98. The van der Waals surface area contributed by atoms with Crippen LogP contribution in [0.3, 0.4) is 0 Å². The van der Waals surface area contributed by atoms with Crippen LogP contribution in [0.25, 0.3) is 0 Å². The molecule has 0 saturated carbocycles. The molecule has 1 aromatic rings. The number of rotatable bonds is 5. The summed E-state index contributed by atoms with van der Waals surface area (Å²) >= 11 is 5.84. The third-order valence-corrected chi connectivity index (χ3v) is 3.90. The average molecular weight is 312 g/mol. The number of halogens is 1. The van der Waals surface area contributed by atoms with Gasteiger partial charge >= 0.3 is 0 Å². The topological polar surface area (TPSA) is 67.6 Å². The maximum absolute atomic E-state index is 12.1. The molecule has 0 aliphatic carbocycles. The molecule has 1 atom stereocenters. The van der Waals surface area contributed by atoms with Gasteiger partial charge in [-0.1, -0.05) is 11.6 Å². The number of piperidine rings is 1. The van der Waals surface area contributed by atoms with Gasteiger partial charge in [0.1, 0.15) is 0 Å². The smallest absolute Gasteiger partial charge is 0.238 e. The first kappa shape index (κ1) is 16.1. The Kier molecular flexibility index (Phi) is 5.85. The molecule has 116 valence electrons. The van der Waals surface area contributed by atoms with Gasteiger partial charge in [-0.15, -0.1) is 0 Å². The molecule has 0 bridgehead atoms. The molecule has 0 aromatic heterocycles. The summed E-state index contributed by atoms with van der Waals surface area (Å²) in [5.74, 6) is 0.458. The number of nitrogen functional groups attached to an aromatic ring is 1. The third-order valence-electron chi connectivity index (χ3n) is 3.66. The summed E-state index contributed by atoms with van der Waals surface area (Å²) < 4.78 is 5.20. The molecule has 21 heavy (non-hydrogen) atoms. The van der Waals surface area contributed by atoms with Crippen LogP contribution in [0.1, 0.15) is 12.8 Å². The van der Waals surface area contributed by atoms with Gasteiger partial charge in [0.25, 0.3) is 0 Å². The Bertz CT molecular complexity index is 494. The van der Waals surface area contributed by atoms with Crippen LogP contribution in [0, 0.1) is 5.92 Å². The number of nitrogens with two attached hydrogens (primary N) is 1. The highest BCUT2D eigenvalue weighted by Gasteiger charge is 2.21. The molecule has 1 saturated heterocycles. The molecule has 1 aliphatic heterocycles. The highest BCUT2D eigenvalue weighted by molar-refractivity contribution is 6.31. The van der Waals surface area contributed by atoms with Gasteiger partial charge in [-0.3, -0.25) is 9.69 Å². The Balaban J connectivity index is 1.86. The summed E-state index contributed by atoms with van der Waals surface area (Å²) in [4.78, 5) is 14.3. The second-order valence-electron chi connectivity index (χ2n) is 5.48. The van der Waals surface area contributed by atoms with Crippen molar-refractivity contribution >= 4 is 28.9 Å². The van der Waals surface area contributed by atoms with E-state index in [0.29, 0.717) is 28.9 Å². The maximum atomic E-state index is 12.1. The van der Waals surface area contributed by atoms with Crippen molar-refractivity contribution < 1.29 is 9.53 Å². The van der Waals surface area contributed by atoms with E-state index >= 15 is 0 Å². The standard InChI is InChI=1S/C15H22ClN3O2/c1-21-10-11-3-2-6-19(8-11)9-15(20)18-14-5-4-12(16)7-13(14)17/h4-5,7,11H,2-3,6,8-10,17H2,1H3,(H,18,20). The molecular weight excluding hydrogens is 290 g/mol. The van der Waals surface area contributed by atoms with Crippen LogP contribution in [-0.2, 0) is 9.53 Å². The molecule has 0 spiro atoms. The highest BCUT2D eigenvalue weighted by Crippen LogP contribution is 2.23. The van der Waals surface area contributed by atoms with Crippen LogP contribution in [0.2, 0.25) is 5.02 Å². The molecule has 3 N–H and O–H groups in total. The van der Waals surface area contributed by atoms with Crippen molar-refractivity contribution in [3.63, 3.8) is 0 Å². The molecule has 5 nitrogen and oxygen atoms in total. The largest absolute Gasteiger partial charge is 0.397 e. The van der Waals surface area contributed by atoms with Crippen molar-refractivity contribution in [1.29, 1.82) is 0 Å². The normalized spacial score (nSPS) is 19.4. The fraction of sp³-hybridized carbons (Fsp3) is 0.533. The van der Waals surface area contributed by atoms with Crippen LogP contribution in [0.4, 0.5) is 11.4 Å². The second-order valence-corrected chi connectivity index (χ2v) is 5.91. The second kappa shape index (κ2) is 7.64. The van der Waals surface area contributed by atoms with E-state index in [-0.39, 0.29) is 5.91 Å². The molecule has 1 amide bonds. The van der Waals surface area contributed by atoms with E-state index in [1.54, 1.807) is 25.3 Å². The number of ether oxygens (including phenoxy) is 1. The van der Waals surface area contributed by atoms with E-state index in [2.05, 4.69) is 10.2 Å². The number of hydrogen-bond donors (Lipinski definition) is 2. The van der Waals surface area contributed by atoms with Gasteiger partial charge in [-0.05, 0) is 43.5 Å². The summed E-state index contributed by atoms with van der Waals surface area (Å²) in [6.07, 6.45) is 2.26. The zero-order chi connectivity index (χ0) is 15.2. The average Bonchev–Trinajstić information content (AvgIpc) is 2.43. The molecule has 0 radical (unpaired) electrons. The van der Waals surface area contributed by atoms with Gasteiger partial charge in [0.05, 0.1) is 24.5 Å². The number of likely N-dealkylation sites (tertiary alicyclic amines) is 1. The van der Waals surface area contributed by atoms with Crippen molar-refractivity contribution in [3.8, 4) is 0 Å². The van der Waals surface area contributed by atoms with E-state index in [4.69, 9.17) is 22.1 Å². The molecule has 2 rings (SSSR count). The third kappa shape index (κ3) is 4.88. The molecule has 1 aromatic carbocycles. The number of nitrogens with zero attached hydrogens (tertiary/aromatic N) is 1. The lowest BCUT2D eigenvalue weighted by Gasteiger charge is -2.31. The SMILES string of the molecule is COCC1CCCN(CC(=O)Nc2ccc(Cl)cc2N)C1. The van der Waals surface area contributed by atoms with Gasteiger partial charge in [-0.2, -0.15) is 0 Å². The summed E-state index contributed by atoms with van der Waals surface area (Å²) in [7, 11) is 1.72. The molecule has 6 heteroatoms. The van der Waals surface area contributed by atoms with Gasteiger partial charge in [0, 0.05) is 18.7 Å². The number of anilines is 2. The number of methoxy groups -OCH3 is 1. The fourth-order valence-electron chi connectivity index (χ4n) is 2.71. The van der Waals surface area contributed by atoms with Crippen LogP contribution in [0.15, 0.2) is 18.2 Å². The fourth-order valence-corrected chi connectivity index (χ4v) is 2.89. The van der Waals surface area contributed by atoms with E-state index in [1.165, 1.54) is 0 Å². The van der Waals surface area contributed by atoms with E-state index in [1.807, 2.05) is 0 Å². The lowest BCUT2D eigenvalue weighted by molar-refractivity contribution is -0.117. The minimum atomic E-state index is -0.0536. The molecule has 1 heterocycles. The zero-order valence-corrected chi connectivity index (χ0v) is 13.0. The first-order valence-corrected chi connectivity index (χ1v) is 7.52. The van der Waals surface area contributed by atoms with Crippen molar-refractivity contribution in [3.05, 3.63) is 23.2 Å².